The summed E-state index contributed by atoms with van der Waals surface area (Å²) in [5.41, 5.74) is 0. The molecule has 0 aliphatic rings. The maximum Gasteiger partial charge on any atom is 0.350 e. The summed E-state index contributed by atoms with van der Waals surface area (Å²) < 4.78 is 45.9. The number of alkyl halides is 2. The summed E-state index contributed by atoms with van der Waals surface area (Å²) in [6, 6.07) is -1.04. The van der Waals surface area contributed by atoms with E-state index in [1.165, 1.54) is 11.6 Å². The van der Waals surface area contributed by atoms with E-state index in [0.717, 1.165) is 0 Å². The van der Waals surface area contributed by atoms with Gasteiger partial charge in [-0.1, -0.05) is 0 Å². The van der Waals surface area contributed by atoms with Crippen LogP contribution in [0.2, 0.25) is 0 Å². The number of rotatable bonds is 5. The minimum atomic E-state index is -4.69. The molecule has 78 valence electrons. The molecule has 0 aliphatic carbocycles. The molecule has 0 saturated heterocycles. The summed E-state index contributed by atoms with van der Waals surface area (Å²) in [6.07, 6.45) is -0.536. The molecule has 0 aliphatic heterocycles. The van der Waals surface area contributed by atoms with Crippen molar-refractivity contribution in [3.05, 3.63) is 0 Å². The lowest BCUT2D eigenvalue weighted by molar-refractivity contribution is -0.137. The summed E-state index contributed by atoms with van der Waals surface area (Å²) in [4.78, 5) is 10.0. The summed E-state index contributed by atoms with van der Waals surface area (Å²) in [5, 5.41) is 8.20. The highest BCUT2D eigenvalue weighted by Crippen LogP contribution is 2.04. The van der Waals surface area contributed by atoms with Gasteiger partial charge < -0.3 is 5.11 Å². The van der Waals surface area contributed by atoms with E-state index >= 15 is 0 Å². The van der Waals surface area contributed by atoms with E-state index in [1.807, 2.05) is 0 Å². The van der Waals surface area contributed by atoms with Crippen LogP contribution in [0, 0.1) is 0 Å². The van der Waals surface area contributed by atoms with E-state index in [2.05, 4.69) is 0 Å². The van der Waals surface area contributed by atoms with E-state index < -0.39 is 34.2 Å². The Balaban J connectivity index is 4.21. The second-order valence-electron chi connectivity index (χ2n) is 2.42. The van der Waals surface area contributed by atoms with Crippen LogP contribution in [0.3, 0.4) is 0 Å². The van der Waals surface area contributed by atoms with Crippen molar-refractivity contribution in [3.63, 3.8) is 0 Å². The molecule has 0 amide bonds. The lowest BCUT2D eigenvalue weighted by Crippen LogP contribution is -2.37. The minimum Gasteiger partial charge on any atom is -0.481 e. The standard InChI is InChI=1S/C5H9F2NO4S/c1-3(2-4(9)10)8-13(11,12)5(6)7/h3,5,8H,2H2,1H3,(H,9,10). The van der Waals surface area contributed by atoms with Gasteiger partial charge in [-0.25, -0.2) is 13.1 Å². The molecular weight excluding hydrogens is 208 g/mol. The zero-order valence-corrected chi connectivity index (χ0v) is 7.51. The van der Waals surface area contributed by atoms with E-state index in [4.69, 9.17) is 5.11 Å². The smallest absolute Gasteiger partial charge is 0.350 e. The normalized spacial score (nSPS) is 14.5. The van der Waals surface area contributed by atoms with Crippen molar-refractivity contribution in [3.8, 4) is 0 Å². The predicted octanol–water partition coefficient (Wildman–Crippen LogP) is -0.00840. The Bertz CT molecular complexity index is 276. The molecule has 0 bridgehead atoms. The lowest BCUT2D eigenvalue weighted by Gasteiger charge is -2.10. The van der Waals surface area contributed by atoms with Gasteiger partial charge in [-0.2, -0.15) is 8.78 Å². The molecule has 0 aromatic heterocycles. The average molecular weight is 217 g/mol. The first-order chi connectivity index (χ1) is 5.75. The maximum absolute atomic E-state index is 11.7. The fraction of sp³-hybridized carbons (Fsp3) is 0.800. The molecule has 1 unspecified atom stereocenters. The van der Waals surface area contributed by atoms with Gasteiger partial charge in [0.25, 0.3) is 10.0 Å². The number of hydrogen-bond acceptors (Lipinski definition) is 3. The Morgan fingerprint density at radius 3 is 2.31 bits per heavy atom. The summed E-state index contributed by atoms with van der Waals surface area (Å²) in [6.45, 7) is 1.19. The number of carboxylic acids is 1. The molecule has 1 atom stereocenters. The van der Waals surface area contributed by atoms with E-state index in [1.54, 1.807) is 0 Å². The average Bonchev–Trinajstić information content (AvgIpc) is 1.82. The number of hydrogen-bond donors (Lipinski definition) is 2. The highest BCUT2D eigenvalue weighted by Gasteiger charge is 2.26. The van der Waals surface area contributed by atoms with Gasteiger partial charge in [0.1, 0.15) is 0 Å². The van der Waals surface area contributed by atoms with Crippen molar-refractivity contribution in [2.45, 2.75) is 25.1 Å². The molecular formula is C5H9F2NO4S. The Hall–Kier alpha value is -0.760. The Labute approximate surface area is 73.8 Å². The Morgan fingerprint density at radius 1 is 1.54 bits per heavy atom. The summed E-state index contributed by atoms with van der Waals surface area (Å²) >= 11 is 0. The van der Waals surface area contributed by atoms with Crippen LogP contribution in [0.1, 0.15) is 13.3 Å². The topological polar surface area (TPSA) is 83.5 Å². The Kier molecular flexibility index (Phi) is 4.21. The highest BCUT2D eigenvalue weighted by molar-refractivity contribution is 7.89. The molecule has 0 aromatic rings. The highest BCUT2D eigenvalue weighted by atomic mass is 32.2. The molecule has 0 saturated carbocycles. The van der Waals surface area contributed by atoms with Gasteiger partial charge in [0.05, 0.1) is 6.42 Å². The number of nitrogens with one attached hydrogen (secondary N) is 1. The van der Waals surface area contributed by atoms with Crippen molar-refractivity contribution < 1.29 is 27.1 Å². The molecule has 0 heterocycles. The zero-order valence-electron chi connectivity index (χ0n) is 6.70. The minimum absolute atomic E-state index is 0.536. The summed E-state index contributed by atoms with van der Waals surface area (Å²) in [5.74, 6) is -4.80. The number of sulfonamides is 1. The van der Waals surface area contributed by atoms with Gasteiger partial charge in [0.15, 0.2) is 0 Å². The number of carboxylic acid groups (broad SMARTS) is 1. The molecule has 2 N–H and O–H groups in total. The fourth-order valence-corrected chi connectivity index (χ4v) is 1.38. The fourth-order valence-electron chi connectivity index (χ4n) is 0.635. The quantitative estimate of drug-likeness (QED) is 0.678. The van der Waals surface area contributed by atoms with Crippen LogP contribution < -0.4 is 4.72 Å². The van der Waals surface area contributed by atoms with Crippen LogP contribution in [0.4, 0.5) is 8.78 Å². The van der Waals surface area contributed by atoms with Crippen LogP contribution >= 0.6 is 0 Å². The third-order valence-corrected chi connectivity index (χ3v) is 2.28. The van der Waals surface area contributed by atoms with Gasteiger partial charge in [0.2, 0.25) is 0 Å². The van der Waals surface area contributed by atoms with Crippen molar-refractivity contribution in [1.82, 2.24) is 4.72 Å². The maximum atomic E-state index is 11.7. The van der Waals surface area contributed by atoms with Gasteiger partial charge in [-0.15, -0.1) is 0 Å². The lowest BCUT2D eigenvalue weighted by atomic mass is 10.3. The summed E-state index contributed by atoms with van der Waals surface area (Å²) in [7, 11) is -4.69. The van der Waals surface area contributed by atoms with Crippen molar-refractivity contribution in [2.24, 2.45) is 0 Å². The number of carbonyl (C=O) groups is 1. The third-order valence-electron chi connectivity index (χ3n) is 1.08. The van der Waals surface area contributed by atoms with Gasteiger partial charge >= 0.3 is 11.7 Å². The first-order valence-electron chi connectivity index (χ1n) is 3.27. The van der Waals surface area contributed by atoms with Gasteiger partial charge in [0, 0.05) is 6.04 Å². The van der Waals surface area contributed by atoms with E-state index in [-0.39, 0.29) is 0 Å². The first kappa shape index (κ1) is 12.2. The van der Waals surface area contributed by atoms with Gasteiger partial charge in [-0.3, -0.25) is 4.79 Å². The number of aliphatic carboxylic acids is 1. The SMILES string of the molecule is CC(CC(=O)O)NS(=O)(=O)C(F)F. The van der Waals surface area contributed by atoms with Crippen LogP contribution in [0.15, 0.2) is 0 Å². The van der Waals surface area contributed by atoms with Crippen LogP contribution in [0.5, 0.6) is 0 Å². The van der Waals surface area contributed by atoms with E-state index in [0.29, 0.717) is 0 Å². The molecule has 8 heteroatoms. The molecule has 0 radical (unpaired) electrons. The molecule has 0 aromatic carbocycles. The Morgan fingerprint density at radius 2 is 2.00 bits per heavy atom. The molecule has 0 rings (SSSR count). The second-order valence-corrected chi connectivity index (χ2v) is 4.10. The van der Waals surface area contributed by atoms with E-state index in [9.17, 15) is 22.0 Å². The zero-order chi connectivity index (χ0) is 10.6. The monoisotopic (exact) mass is 217 g/mol. The van der Waals surface area contributed by atoms with Crippen LogP contribution in [-0.2, 0) is 14.8 Å². The predicted molar refractivity (Wildman–Crippen MR) is 39.8 cm³/mol. The second kappa shape index (κ2) is 4.47. The van der Waals surface area contributed by atoms with Crippen molar-refractivity contribution in [1.29, 1.82) is 0 Å². The molecule has 0 spiro atoms. The third kappa shape index (κ3) is 4.73. The first-order valence-corrected chi connectivity index (χ1v) is 4.81. The molecule has 13 heavy (non-hydrogen) atoms. The van der Waals surface area contributed by atoms with Crippen LogP contribution in [0.25, 0.3) is 0 Å². The van der Waals surface area contributed by atoms with Gasteiger partial charge in [-0.05, 0) is 6.92 Å². The largest absolute Gasteiger partial charge is 0.481 e. The number of halogens is 2. The van der Waals surface area contributed by atoms with Crippen LogP contribution in [-0.4, -0.2) is 31.3 Å². The van der Waals surface area contributed by atoms with Crippen molar-refractivity contribution in [2.75, 3.05) is 0 Å². The van der Waals surface area contributed by atoms with Crippen molar-refractivity contribution >= 4 is 16.0 Å². The molecule has 0 fully saturated rings. The molecule has 5 nitrogen and oxygen atoms in total.